The first-order valence-electron chi connectivity index (χ1n) is 5.07. The second-order valence-corrected chi connectivity index (χ2v) is 4.14. The van der Waals surface area contributed by atoms with Crippen molar-refractivity contribution in [2.45, 2.75) is 13.3 Å². The number of carbonyl (C=O) groups is 1. The van der Waals surface area contributed by atoms with Crippen molar-refractivity contribution in [2.24, 2.45) is 0 Å². The zero-order chi connectivity index (χ0) is 12.3. The van der Waals surface area contributed by atoms with Crippen LogP contribution in [-0.4, -0.2) is 15.9 Å². The van der Waals surface area contributed by atoms with Crippen LogP contribution in [0.1, 0.15) is 13.3 Å². The van der Waals surface area contributed by atoms with Gasteiger partial charge in [-0.15, -0.1) is 11.3 Å². The molecule has 0 aromatic carbocycles. The summed E-state index contributed by atoms with van der Waals surface area (Å²) in [6.45, 7) is 1.76. The lowest BCUT2D eigenvalue weighted by atomic mass is 10.3. The zero-order valence-electron chi connectivity index (χ0n) is 9.11. The molecule has 0 unspecified atom stereocenters. The summed E-state index contributed by atoms with van der Waals surface area (Å²) in [5.41, 5.74) is 1.01. The van der Waals surface area contributed by atoms with Crippen molar-refractivity contribution in [3.63, 3.8) is 0 Å². The van der Waals surface area contributed by atoms with Crippen molar-refractivity contribution in [3.05, 3.63) is 29.5 Å². The quantitative estimate of drug-likeness (QED) is 0.853. The lowest BCUT2D eigenvalue weighted by Gasteiger charge is -1.97. The topological polar surface area (TPSA) is 54.9 Å². The molecule has 2 aromatic heterocycles. The van der Waals surface area contributed by atoms with Crippen molar-refractivity contribution in [3.8, 4) is 11.4 Å². The molecule has 0 aliphatic rings. The van der Waals surface area contributed by atoms with Gasteiger partial charge in [-0.2, -0.15) is 4.39 Å². The van der Waals surface area contributed by atoms with Gasteiger partial charge in [0.15, 0.2) is 5.13 Å². The van der Waals surface area contributed by atoms with Gasteiger partial charge in [0, 0.05) is 11.8 Å². The Morgan fingerprint density at radius 3 is 2.94 bits per heavy atom. The molecule has 17 heavy (non-hydrogen) atoms. The highest BCUT2D eigenvalue weighted by Gasteiger charge is 2.08. The van der Waals surface area contributed by atoms with Gasteiger partial charge in [0.1, 0.15) is 5.69 Å². The van der Waals surface area contributed by atoms with Crippen LogP contribution in [0.25, 0.3) is 11.4 Å². The summed E-state index contributed by atoms with van der Waals surface area (Å²) in [4.78, 5) is 19.0. The average molecular weight is 251 g/mol. The van der Waals surface area contributed by atoms with Crippen LogP contribution in [0, 0.1) is 5.95 Å². The first-order chi connectivity index (χ1) is 8.19. The fraction of sp³-hybridized carbons (Fsp3) is 0.182. The van der Waals surface area contributed by atoms with E-state index in [0.717, 1.165) is 0 Å². The highest BCUT2D eigenvalue weighted by Crippen LogP contribution is 2.23. The standard InChI is InChI=1S/C11H10FN3OS/c1-2-10(16)15-11-14-8(6-17-11)7-4-3-5-9(12)13-7/h3-6H,2H2,1H3,(H,14,15,16). The number of nitrogens with one attached hydrogen (secondary N) is 1. The minimum Gasteiger partial charge on any atom is -0.302 e. The molecule has 0 saturated carbocycles. The van der Waals surface area contributed by atoms with E-state index in [1.54, 1.807) is 24.4 Å². The predicted molar refractivity (Wildman–Crippen MR) is 64.2 cm³/mol. The minimum absolute atomic E-state index is 0.0990. The second kappa shape index (κ2) is 5.01. The molecule has 0 aliphatic heterocycles. The Bertz CT molecular complexity index is 541. The van der Waals surface area contributed by atoms with Gasteiger partial charge >= 0.3 is 0 Å². The van der Waals surface area contributed by atoms with E-state index in [2.05, 4.69) is 15.3 Å². The van der Waals surface area contributed by atoms with E-state index < -0.39 is 5.95 Å². The number of amides is 1. The van der Waals surface area contributed by atoms with Crippen LogP contribution in [0.15, 0.2) is 23.6 Å². The SMILES string of the molecule is CCC(=O)Nc1nc(-c2cccc(F)n2)cs1. The lowest BCUT2D eigenvalue weighted by molar-refractivity contribution is -0.115. The number of thiazole rings is 1. The smallest absolute Gasteiger partial charge is 0.225 e. The first kappa shape index (κ1) is 11.7. The largest absolute Gasteiger partial charge is 0.302 e. The Morgan fingerprint density at radius 2 is 2.24 bits per heavy atom. The van der Waals surface area contributed by atoms with Crippen LogP contribution in [0.2, 0.25) is 0 Å². The highest BCUT2D eigenvalue weighted by molar-refractivity contribution is 7.14. The molecule has 0 aliphatic carbocycles. The number of pyridine rings is 1. The van der Waals surface area contributed by atoms with Gasteiger partial charge in [-0.1, -0.05) is 13.0 Å². The number of halogens is 1. The average Bonchev–Trinajstić information content (AvgIpc) is 2.77. The third-order valence-corrected chi connectivity index (χ3v) is 2.81. The molecule has 0 fully saturated rings. The summed E-state index contributed by atoms with van der Waals surface area (Å²) in [6, 6.07) is 4.51. The Kier molecular flexibility index (Phi) is 3.43. The maximum absolute atomic E-state index is 12.9. The fourth-order valence-electron chi connectivity index (χ4n) is 1.21. The molecule has 1 amide bonds. The molecule has 0 saturated heterocycles. The maximum Gasteiger partial charge on any atom is 0.225 e. The van der Waals surface area contributed by atoms with Crippen LogP contribution in [0.4, 0.5) is 9.52 Å². The molecule has 0 bridgehead atoms. The Balaban J connectivity index is 2.21. The normalized spacial score (nSPS) is 10.2. The Morgan fingerprint density at radius 1 is 1.41 bits per heavy atom. The molecule has 88 valence electrons. The van der Waals surface area contributed by atoms with E-state index in [1.807, 2.05) is 0 Å². The van der Waals surface area contributed by atoms with E-state index in [9.17, 15) is 9.18 Å². The van der Waals surface area contributed by atoms with Crippen molar-refractivity contribution < 1.29 is 9.18 Å². The summed E-state index contributed by atoms with van der Waals surface area (Å²) < 4.78 is 12.9. The molecule has 2 aromatic rings. The number of anilines is 1. The van der Waals surface area contributed by atoms with Gasteiger partial charge in [-0.3, -0.25) is 4.79 Å². The number of hydrogen-bond acceptors (Lipinski definition) is 4. The summed E-state index contributed by atoms with van der Waals surface area (Å²) >= 11 is 1.29. The molecule has 0 atom stereocenters. The van der Waals surface area contributed by atoms with Crippen molar-refractivity contribution in [1.29, 1.82) is 0 Å². The third-order valence-electron chi connectivity index (χ3n) is 2.05. The molecule has 1 N–H and O–H groups in total. The summed E-state index contributed by atoms with van der Waals surface area (Å²) in [6.07, 6.45) is 0.396. The third kappa shape index (κ3) is 2.85. The van der Waals surface area contributed by atoms with Crippen LogP contribution >= 0.6 is 11.3 Å². The van der Waals surface area contributed by atoms with Gasteiger partial charge in [0.25, 0.3) is 0 Å². The second-order valence-electron chi connectivity index (χ2n) is 3.29. The van der Waals surface area contributed by atoms with E-state index in [-0.39, 0.29) is 5.91 Å². The van der Waals surface area contributed by atoms with Crippen LogP contribution < -0.4 is 5.32 Å². The predicted octanol–water partition coefficient (Wildman–Crippen LogP) is 2.69. The fourth-order valence-corrected chi connectivity index (χ4v) is 1.93. The summed E-state index contributed by atoms with van der Waals surface area (Å²) in [5, 5.41) is 4.87. The molecular weight excluding hydrogens is 241 g/mol. The van der Waals surface area contributed by atoms with Crippen LogP contribution in [0.3, 0.4) is 0 Å². The molecule has 4 nitrogen and oxygen atoms in total. The van der Waals surface area contributed by atoms with Crippen LogP contribution in [-0.2, 0) is 4.79 Å². The molecule has 0 radical (unpaired) electrons. The van der Waals surface area contributed by atoms with E-state index >= 15 is 0 Å². The Hall–Kier alpha value is -1.82. The number of aromatic nitrogens is 2. The van der Waals surface area contributed by atoms with Gasteiger partial charge < -0.3 is 5.32 Å². The van der Waals surface area contributed by atoms with Gasteiger partial charge in [0.05, 0.1) is 5.69 Å². The van der Waals surface area contributed by atoms with Gasteiger partial charge in [-0.25, -0.2) is 9.97 Å². The minimum atomic E-state index is -0.547. The monoisotopic (exact) mass is 251 g/mol. The van der Waals surface area contributed by atoms with E-state index in [4.69, 9.17) is 0 Å². The maximum atomic E-state index is 12.9. The van der Waals surface area contributed by atoms with E-state index in [1.165, 1.54) is 17.4 Å². The van der Waals surface area contributed by atoms with E-state index in [0.29, 0.717) is 22.9 Å². The van der Waals surface area contributed by atoms with Gasteiger partial charge in [0.2, 0.25) is 11.9 Å². The highest BCUT2D eigenvalue weighted by atomic mass is 32.1. The first-order valence-corrected chi connectivity index (χ1v) is 5.95. The molecule has 2 heterocycles. The van der Waals surface area contributed by atoms with Crippen molar-refractivity contribution in [1.82, 2.24) is 9.97 Å². The molecule has 6 heteroatoms. The van der Waals surface area contributed by atoms with Crippen molar-refractivity contribution in [2.75, 3.05) is 5.32 Å². The summed E-state index contributed by atoms with van der Waals surface area (Å²) in [7, 11) is 0. The number of nitrogens with zero attached hydrogens (tertiary/aromatic N) is 2. The molecule has 0 spiro atoms. The number of hydrogen-bond donors (Lipinski definition) is 1. The van der Waals surface area contributed by atoms with Crippen molar-refractivity contribution >= 4 is 22.4 Å². The number of rotatable bonds is 3. The number of carbonyl (C=O) groups excluding carboxylic acids is 1. The molecule has 2 rings (SSSR count). The van der Waals surface area contributed by atoms with Gasteiger partial charge in [-0.05, 0) is 12.1 Å². The lowest BCUT2D eigenvalue weighted by Crippen LogP contribution is -2.08. The molecular formula is C11H10FN3OS. The van der Waals surface area contributed by atoms with Crippen LogP contribution in [0.5, 0.6) is 0 Å². The zero-order valence-corrected chi connectivity index (χ0v) is 9.92. The summed E-state index contributed by atoms with van der Waals surface area (Å²) in [5.74, 6) is -0.646. The Labute approximate surface area is 102 Å².